The zero-order valence-corrected chi connectivity index (χ0v) is 13.9. The van der Waals surface area contributed by atoms with Gasteiger partial charge in [-0.05, 0) is 19.4 Å². The summed E-state index contributed by atoms with van der Waals surface area (Å²) in [4.78, 5) is 22.4. The van der Waals surface area contributed by atoms with Gasteiger partial charge in [0.25, 0.3) is 5.91 Å². The number of rotatable bonds is 3. The molecule has 2 aliphatic heterocycles. The van der Waals surface area contributed by atoms with E-state index in [9.17, 15) is 4.79 Å². The summed E-state index contributed by atoms with van der Waals surface area (Å²) in [7, 11) is 0. The van der Waals surface area contributed by atoms with Crippen LogP contribution in [-0.2, 0) is 9.63 Å². The fourth-order valence-corrected chi connectivity index (χ4v) is 3.86. The molecule has 0 radical (unpaired) electrons. The van der Waals surface area contributed by atoms with Crippen molar-refractivity contribution >= 4 is 28.0 Å². The lowest BCUT2D eigenvalue weighted by atomic mass is 9.89. The van der Waals surface area contributed by atoms with Crippen LogP contribution in [-0.4, -0.2) is 35.3 Å². The van der Waals surface area contributed by atoms with Crippen LogP contribution in [0.2, 0.25) is 0 Å². The van der Waals surface area contributed by atoms with Gasteiger partial charge in [-0.3, -0.25) is 4.79 Å². The highest BCUT2D eigenvalue weighted by atomic mass is 32.1. The number of oxime groups is 1. The Hall–Kier alpha value is -2.25. The quantitative estimate of drug-likeness (QED) is 0.899. The lowest BCUT2D eigenvalue weighted by molar-refractivity contribution is -0.110. The molecule has 2 aromatic rings. The number of carbonyl (C=O) groups excluding carboxylic acids is 1. The SMILES string of the molecule is O=C(Nc1cnc(-c2ccccc2)s1)C1=NOC2(CCCNC2)C1. The molecule has 7 heteroatoms. The third kappa shape index (κ3) is 3.05. The number of hydrogen-bond donors (Lipinski definition) is 2. The minimum atomic E-state index is -0.339. The highest BCUT2D eigenvalue weighted by Gasteiger charge is 2.42. The Morgan fingerprint density at radius 1 is 1.33 bits per heavy atom. The maximum absolute atomic E-state index is 12.4. The molecular weight excluding hydrogens is 324 g/mol. The van der Waals surface area contributed by atoms with Crippen LogP contribution in [0.5, 0.6) is 0 Å². The van der Waals surface area contributed by atoms with Crippen LogP contribution in [0.15, 0.2) is 41.7 Å². The van der Waals surface area contributed by atoms with E-state index in [1.165, 1.54) is 11.3 Å². The van der Waals surface area contributed by atoms with Crippen LogP contribution < -0.4 is 10.6 Å². The van der Waals surface area contributed by atoms with Crippen molar-refractivity contribution in [3.05, 3.63) is 36.5 Å². The van der Waals surface area contributed by atoms with E-state index in [2.05, 4.69) is 20.8 Å². The molecule has 3 heterocycles. The molecule has 2 aliphatic rings. The van der Waals surface area contributed by atoms with Crippen molar-refractivity contribution in [1.82, 2.24) is 10.3 Å². The predicted molar refractivity (Wildman–Crippen MR) is 94.2 cm³/mol. The number of anilines is 1. The van der Waals surface area contributed by atoms with Crippen molar-refractivity contribution < 1.29 is 9.63 Å². The zero-order chi connectivity index (χ0) is 16.4. The van der Waals surface area contributed by atoms with E-state index in [-0.39, 0.29) is 11.5 Å². The first-order valence-corrected chi connectivity index (χ1v) is 8.84. The Kier molecular flexibility index (Phi) is 4.03. The summed E-state index contributed by atoms with van der Waals surface area (Å²) >= 11 is 1.45. The molecule has 6 nitrogen and oxygen atoms in total. The number of benzene rings is 1. The van der Waals surface area contributed by atoms with Crippen LogP contribution in [0.1, 0.15) is 19.3 Å². The molecule has 1 amide bonds. The smallest absolute Gasteiger partial charge is 0.274 e. The number of amides is 1. The molecule has 1 saturated heterocycles. The second-order valence-electron chi connectivity index (χ2n) is 6.12. The monoisotopic (exact) mass is 342 g/mol. The summed E-state index contributed by atoms with van der Waals surface area (Å²) in [5.74, 6) is -0.208. The van der Waals surface area contributed by atoms with Gasteiger partial charge in [-0.25, -0.2) is 4.98 Å². The molecule has 0 aliphatic carbocycles. The summed E-state index contributed by atoms with van der Waals surface area (Å²) in [6.07, 6.45) is 4.20. The van der Waals surface area contributed by atoms with Crippen LogP contribution in [0.3, 0.4) is 0 Å². The average Bonchev–Trinajstić information content (AvgIpc) is 3.24. The van der Waals surface area contributed by atoms with E-state index < -0.39 is 0 Å². The van der Waals surface area contributed by atoms with E-state index in [1.807, 2.05) is 30.3 Å². The number of hydrogen-bond acceptors (Lipinski definition) is 6. The largest absolute Gasteiger partial charge is 0.387 e. The van der Waals surface area contributed by atoms with Gasteiger partial charge in [0, 0.05) is 18.5 Å². The molecule has 1 fully saturated rings. The Morgan fingerprint density at radius 2 is 2.21 bits per heavy atom. The summed E-state index contributed by atoms with van der Waals surface area (Å²) in [5, 5.41) is 11.8. The fraction of sp³-hybridized carbons (Fsp3) is 0.353. The molecule has 1 aromatic carbocycles. The molecule has 124 valence electrons. The topological polar surface area (TPSA) is 75.6 Å². The van der Waals surface area contributed by atoms with Crippen molar-refractivity contribution in [2.75, 3.05) is 18.4 Å². The summed E-state index contributed by atoms with van der Waals surface area (Å²) in [6.45, 7) is 1.74. The van der Waals surface area contributed by atoms with E-state index >= 15 is 0 Å². The fourth-order valence-electron chi connectivity index (χ4n) is 3.04. The number of piperidine rings is 1. The van der Waals surface area contributed by atoms with Crippen molar-refractivity contribution in [2.24, 2.45) is 5.16 Å². The first-order valence-electron chi connectivity index (χ1n) is 8.03. The second-order valence-corrected chi connectivity index (χ2v) is 7.15. The predicted octanol–water partition coefficient (Wildman–Crippen LogP) is 2.65. The Morgan fingerprint density at radius 3 is 3.00 bits per heavy atom. The maximum atomic E-state index is 12.4. The van der Waals surface area contributed by atoms with Gasteiger partial charge in [0.15, 0.2) is 5.60 Å². The molecule has 0 bridgehead atoms. The molecule has 2 N–H and O–H groups in total. The molecule has 24 heavy (non-hydrogen) atoms. The van der Waals surface area contributed by atoms with E-state index in [0.717, 1.165) is 36.5 Å². The van der Waals surface area contributed by atoms with Gasteiger partial charge in [-0.15, -0.1) is 0 Å². The number of nitrogens with one attached hydrogen (secondary N) is 2. The summed E-state index contributed by atoms with van der Waals surface area (Å²) in [5.41, 5.74) is 1.15. The molecule has 1 atom stereocenters. The molecule has 4 rings (SSSR count). The molecule has 1 aromatic heterocycles. The third-order valence-corrected chi connectivity index (χ3v) is 5.26. The Balaban J connectivity index is 1.41. The highest BCUT2D eigenvalue weighted by Crippen LogP contribution is 2.32. The van der Waals surface area contributed by atoms with Gasteiger partial charge in [-0.2, -0.15) is 0 Å². The van der Waals surface area contributed by atoms with Gasteiger partial charge >= 0.3 is 0 Å². The van der Waals surface area contributed by atoms with Gasteiger partial charge < -0.3 is 15.5 Å². The van der Waals surface area contributed by atoms with E-state index in [0.29, 0.717) is 17.1 Å². The van der Waals surface area contributed by atoms with Crippen LogP contribution in [0.4, 0.5) is 5.00 Å². The number of thiazole rings is 1. The first-order chi connectivity index (χ1) is 11.7. The molecule has 1 spiro atoms. The average molecular weight is 342 g/mol. The minimum Gasteiger partial charge on any atom is -0.387 e. The Bertz CT molecular complexity index is 766. The van der Waals surface area contributed by atoms with Crippen molar-refractivity contribution in [3.63, 3.8) is 0 Å². The van der Waals surface area contributed by atoms with E-state index in [1.54, 1.807) is 6.20 Å². The Labute approximate surface area is 143 Å². The van der Waals surface area contributed by atoms with Crippen molar-refractivity contribution in [2.45, 2.75) is 24.9 Å². The highest BCUT2D eigenvalue weighted by molar-refractivity contribution is 7.19. The van der Waals surface area contributed by atoms with Crippen molar-refractivity contribution in [1.29, 1.82) is 0 Å². The standard InChI is InChI=1S/C17H18N4O2S/c22-15(13-9-17(23-21-13)7-4-8-18-11-17)20-14-10-19-16(24-14)12-5-2-1-3-6-12/h1-3,5-6,10,18H,4,7-9,11H2,(H,20,22). The second kappa shape index (κ2) is 6.33. The maximum Gasteiger partial charge on any atom is 0.274 e. The van der Waals surface area contributed by atoms with Gasteiger partial charge in [0.2, 0.25) is 0 Å². The lowest BCUT2D eigenvalue weighted by Crippen LogP contribution is -2.46. The molecule has 1 unspecified atom stereocenters. The normalized spacial score (nSPS) is 22.9. The first kappa shape index (κ1) is 15.3. The van der Waals surface area contributed by atoms with Gasteiger partial charge in [-0.1, -0.05) is 46.8 Å². The van der Waals surface area contributed by atoms with Crippen molar-refractivity contribution in [3.8, 4) is 10.6 Å². The van der Waals surface area contributed by atoms with Crippen LogP contribution in [0.25, 0.3) is 10.6 Å². The zero-order valence-electron chi connectivity index (χ0n) is 13.1. The minimum absolute atomic E-state index is 0.208. The van der Waals surface area contributed by atoms with E-state index in [4.69, 9.17) is 4.84 Å². The third-order valence-electron chi connectivity index (χ3n) is 4.30. The summed E-state index contributed by atoms with van der Waals surface area (Å²) in [6, 6.07) is 9.90. The lowest BCUT2D eigenvalue weighted by Gasteiger charge is -2.30. The van der Waals surface area contributed by atoms with Gasteiger partial charge in [0.05, 0.1) is 6.20 Å². The van der Waals surface area contributed by atoms with Crippen LogP contribution in [0, 0.1) is 0 Å². The number of carbonyl (C=O) groups is 1. The molecular formula is C17H18N4O2S. The number of aromatic nitrogens is 1. The van der Waals surface area contributed by atoms with Gasteiger partial charge in [0.1, 0.15) is 15.7 Å². The summed E-state index contributed by atoms with van der Waals surface area (Å²) < 4.78 is 0. The molecule has 0 saturated carbocycles. The van der Waals surface area contributed by atoms with Crippen LogP contribution >= 0.6 is 11.3 Å². The number of nitrogens with zero attached hydrogens (tertiary/aromatic N) is 2.